The van der Waals surface area contributed by atoms with Crippen LogP contribution < -0.4 is 25.8 Å². The first-order chi connectivity index (χ1) is 9.41. The highest BCUT2D eigenvalue weighted by atomic mass is 16.5. The molecule has 0 aromatic heterocycles. The number of benzene rings is 1. The summed E-state index contributed by atoms with van der Waals surface area (Å²) in [7, 11) is 3.15. The molecular weight excluding hydrogens is 258 g/mol. The van der Waals surface area contributed by atoms with E-state index in [0.717, 1.165) is 18.7 Å². The van der Waals surface area contributed by atoms with Crippen LogP contribution in [0, 0.1) is 5.41 Å². The van der Waals surface area contributed by atoms with Gasteiger partial charge in [0.05, 0.1) is 31.0 Å². The number of nitrogen functional groups attached to an aromatic ring is 1. The molecule has 2 rings (SSSR count). The van der Waals surface area contributed by atoms with Crippen LogP contribution in [0.3, 0.4) is 0 Å². The van der Waals surface area contributed by atoms with Gasteiger partial charge in [0, 0.05) is 25.2 Å². The fourth-order valence-electron chi connectivity index (χ4n) is 2.53. The van der Waals surface area contributed by atoms with Crippen LogP contribution in [-0.2, 0) is 4.79 Å². The first-order valence-electron chi connectivity index (χ1n) is 6.47. The maximum atomic E-state index is 11.5. The van der Waals surface area contributed by atoms with Gasteiger partial charge in [-0.05, 0) is 13.3 Å². The Kier molecular flexibility index (Phi) is 3.65. The van der Waals surface area contributed by atoms with E-state index >= 15 is 0 Å². The van der Waals surface area contributed by atoms with Gasteiger partial charge >= 0.3 is 0 Å². The zero-order chi connectivity index (χ0) is 14.9. The number of nitrogens with two attached hydrogens (primary N) is 2. The lowest BCUT2D eigenvalue weighted by Gasteiger charge is -2.24. The van der Waals surface area contributed by atoms with E-state index in [1.165, 1.54) is 0 Å². The van der Waals surface area contributed by atoms with E-state index in [0.29, 0.717) is 23.7 Å². The Morgan fingerprint density at radius 1 is 1.30 bits per heavy atom. The summed E-state index contributed by atoms with van der Waals surface area (Å²) < 4.78 is 10.5. The summed E-state index contributed by atoms with van der Waals surface area (Å²) in [5.41, 5.74) is 12.5. The number of amides is 1. The molecule has 6 nitrogen and oxygen atoms in total. The molecule has 1 atom stereocenters. The quantitative estimate of drug-likeness (QED) is 0.802. The number of carbonyl (C=O) groups is 1. The lowest BCUT2D eigenvalue weighted by Crippen LogP contribution is -2.37. The summed E-state index contributed by atoms with van der Waals surface area (Å²) >= 11 is 0. The summed E-state index contributed by atoms with van der Waals surface area (Å²) in [6.45, 7) is 3.17. The third-order valence-corrected chi connectivity index (χ3v) is 3.94. The van der Waals surface area contributed by atoms with Gasteiger partial charge < -0.3 is 25.8 Å². The smallest absolute Gasteiger partial charge is 0.225 e. The largest absolute Gasteiger partial charge is 0.493 e. The molecule has 0 radical (unpaired) electrons. The minimum Gasteiger partial charge on any atom is -0.493 e. The van der Waals surface area contributed by atoms with E-state index in [9.17, 15) is 4.79 Å². The second-order valence-electron chi connectivity index (χ2n) is 5.36. The van der Waals surface area contributed by atoms with Crippen molar-refractivity contribution >= 4 is 17.3 Å². The average Bonchev–Trinajstić information content (AvgIpc) is 2.82. The van der Waals surface area contributed by atoms with Crippen LogP contribution in [0.4, 0.5) is 11.4 Å². The molecule has 1 fully saturated rings. The number of ether oxygens (including phenoxy) is 2. The topological polar surface area (TPSA) is 90.8 Å². The minimum atomic E-state index is -0.514. The summed E-state index contributed by atoms with van der Waals surface area (Å²) in [6, 6.07) is 3.56. The summed E-state index contributed by atoms with van der Waals surface area (Å²) in [5.74, 6) is 0.925. The maximum Gasteiger partial charge on any atom is 0.225 e. The van der Waals surface area contributed by atoms with Crippen molar-refractivity contribution in [3.63, 3.8) is 0 Å². The molecule has 1 saturated heterocycles. The zero-order valence-electron chi connectivity index (χ0n) is 12.1. The monoisotopic (exact) mass is 279 g/mol. The zero-order valence-corrected chi connectivity index (χ0v) is 12.1. The second kappa shape index (κ2) is 5.11. The van der Waals surface area contributed by atoms with Crippen LogP contribution in [0.5, 0.6) is 11.5 Å². The Labute approximate surface area is 118 Å². The van der Waals surface area contributed by atoms with Gasteiger partial charge in [-0.2, -0.15) is 0 Å². The first-order valence-corrected chi connectivity index (χ1v) is 6.47. The molecule has 20 heavy (non-hydrogen) atoms. The maximum absolute atomic E-state index is 11.5. The predicted molar refractivity (Wildman–Crippen MR) is 78.1 cm³/mol. The SMILES string of the molecule is COc1cc(N)c(N2CCC(C)(C(N)=O)C2)cc1OC. The molecular formula is C14H21N3O3. The fourth-order valence-corrected chi connectivity index (χ4v) is 2.53. The molecule has 1 aliphatic heterocycles. The summed E-state index contributed by atoms with van der Waals surface area (Å²) in [5, 5.41) is 0. The molecule has 0 saturated carbocycles. The first kappa shape index (κ1) is 14.3. The van der Waals surface area contributed by atoms with Gasteiger partial charge in [0.2, 0.25) is 5.91 Å². The normalized spacial score (nSPS) is 21.9. The number of hydrogen-bond acceptors (Lipinski definition) is 5. The molecule has 0 spiro atoms. The third-order valence-electron chi connectivity index (χ3n) is 3.94. The van der Waals surface area contributed by atoms with Crippen molar-refractivity contribution in [2.45, 2.75) is 13.3 Å². The Morgan fingerprint density at radius 3 is 2.40 bits per heavy atom. The molecule has 1 heterocycles. The molecule has 0 aliphatic carbocycles. The molecule has 1 aromatic rings. The average molecular weight is 279 g/mol. The van der Waals surface area contributed by atoms with Crippen molar-refractivity contribution < 1.29 is 14.3 Å². The number of nitrogens with zero attached hydrogens (tertiary/aromatic N) is 1. The molecule has 110 valence electrons. The minimum absolute atomic E-state index is 0.279. The van der Waals surface area contributed by atoms with Crippen LogP contribution in [0.15, 0.2) is 12.1 Å². The highest BCUT2D eigenvalue weighted by Gasteiger charge is 2.39. The lowest BCUT2D eigenvalue weighted by molar-refractivity contribution is -0.125. The Morgan fingerprint density at radius 2 is 1.90 bits per heavy atom. The molecule has 4 N–H and O–H groups in total. The molecule has 0 bridgehead atoms. The second-order valence-corrected chi connectivity index (χ2v) is 5.36. The van der Waals surface area contributed by atoms with Crippen molar-refractivity contribution in [2.75, 3.05) is 37.9 Å². The molecule has 1 aliphatic rings. The van der Waals surface area contributed by atoms with Gasteiger partial charge in [0.15, 0.2) is 11.5 Å². The van der Waals surface area contributed by atoms with E-state index in [4.69, 9.17) is 20.9 Å². The Bertz CT molecular complexity index is 533. The number of carbonyl (C=O) groups excluding carboxylic acids is 1. The van der Waals surface area contributed by atoms with Crippen molar-refractivity contribution in [3.05, 3.63) is 12.1 Å². The predicted octanol–water partition coefficient (Wildman–Crippen LogP) is 0.988. The van der Waals surface area contributed by atoms with Crippen molar-refractivity contribution in [1.82, 2.24) is 0 Å². The van der Waals surface area contributed by atoms with Crippen LogP contribution in [-0.4, -0.2) is 33.2 Å². The van der Waals surface area contributed by atoms with E-state index < -0.39 is 5.41 Å². The lowest BCUT2D eigenvalue weighted by atomic mass is 9.89. The van der Waals surface area contributed by atoms with Gasteiger partial charge in [0.1, 0.15) is 0 Å². The van der Waals surface area contributed by atoms with Crippen LogP contribution in [0.2, 0.25) is 0 Å². The van der Waals surface area contributed by atoms with E-state index in [2.05, 4.69) is 4.90 Å². The van der Waals surface area contributed by atoms with Crippen LogP contribution in [0.25, 0.3) is 0 Å². The van der Waals surface area contributed by atoms with Crippen molar-refractivity contribution in [2.24, 2.45) is 11.1 Å². The van der Waals surface area contributed by atoms with Gasteiger partial charge in [-0.25, -0.2) is 0 Å². The highest BCUT2D eigenvalue weighted by molar-refractivity contribution is 5.83. The molecule has 1 unspecified atom stereocenters. The number of anilines is 2. The Hall–Kier alpha value is -2.11. The summed E-state index contributed by atoms with van der Waals surface area (Å²) in [4.78, 5) is 13.6. The van der Waals surface area contributed by atoms with E-state index in [1.54, 1.807) is 20.3 Å². The number of primary amides is 1. The van der Waals surface area contributed by atoms with Gasteiger partial charge in [0.25, 0.3) is 0 Å². The van der Waals surface area contributed by atoms with E-state index in [1.807, 2.05) is 13.0 Å². The van der Waals surface area contributed by atoms with Crippen LogP contribution >= 0.6 is 0 Å². The van der Waals surface area contributed by atoms with Crippen LogP contribution in [0.1, 0.15) is 13.3 Å². The molecule has 1 aromatic carbocycles. The fraction of sp³-hybridized carbons (Fsp3) is 0.500. The molecule has 6 heteroatoms. The number of hydrogen-bond donors (Lipinski definition) is 2. The van der Waals surface area contributed by atoms with Gasteiger partial charge in [-0.15, -0.1) is 0 Å². The highest BCUT2D eigenvalue weighted by Crippen LogP contribution is 2.40. The standard InChI is InChI=1S/C14H21N3O3/c1-14(13(16)18)4-5-17(8-14)10-7-12(20-3)11(19-2)6-9(10)15/h6-7H,4-5,8,15H2,1-3H3,(H2,16,18). The van der Waals surface area contributed by atoms with Crippen molar-refractivity contribution in [1.29, 1.82) is 0 Å². The van der Waals surface area contributed by atoms with E-state index in [-0.39, 0.29) is 5.91 Å². The van der Waals surface area contributed by atoms with Gasteiger partial charge in [-0.1, -0.05) is 0 Å². The third kappa shape index (κ3) is 2.33. The Balaban J connectivity index is 2.33. The van der Waals surface area contributed by atoms with Crippen molar-refractivity contribution in [3.8, 4) is 11.5 Å². The number of rotatable bonds is 4. The molecule has 1 amide bonds. The summed E-state index contributed by atoms with van der Waals surface area (Å²) in [6.07, 6.45) is 0.718. The van der Waals surface area contributed by atoms with Gasteiger partial charge in [-0.3, -0.25) is 4.79 Å². The number of methoxy groups -OCH3 is 2.